The summed E-state index contributed by atoms with van der Waals surface area (Å²) in [4.78, 5) is 11.1. The molecule has 0 aliphatic rings. The van der Waals surface area contributed by atoms with Gasteiger partial charge in [0.2, 0.25) is 0 Å². The molecular weight excluding hydrogens is 380 g/mol. The summed E-state index contributed by atoms with van der Waals surface area (Å²) < 4.78 is 35.6. The molecule has 2 heterocycles. The number of H-pyrrole nitrogens is 1. The van der Waals surface area contributed by atoms with Crippen LogP contribution < -0.4 is 5.76 Å². The summed E-state index contributed by atoms with van der Waals surface area (Å²) in [5.41, 5.74) is 2.95. The molecule has 7 nitrogen and oxygen atoms in total. The maximum atomic E-state index is 14.8. The fourth-order valence-corrected chi connectivity index (χ4v) is 3.31. The molecule has 2 aromatic carbocycles. The zero-order valence-electron chi connectivity index (χ0n) is 15.5. The number of fused-ring (bicyclic) bond motifs is 1. The summed E-state index contributed by atoms with van der Waals surface area (Å²) in [5, 5.41) is 19.7. The van der Waals surface area contributed by atoms with Gasteiger partial charge in [-0.1, -0.05) is 24.3 Å². The summed E-state index contributed by atoms with van der Waals surface area (Å²) >= 11 is 0. The second-order valence-electron chi connectivity index (χ2n) is 6.68. The van der Waals surface area contributed by atoms with Gasteiger partial charge in [0.15, 0.2) is 0 Å². The fraction of sp³-hybridized carbons (Fsp3) is 0.200. The van der Waals surface area contributed by atoms with Crippen LogP contribution in [-0.2, 0) is 12.5 Å². The Hall–Kier alpha value is -3.80. The highest BCUT2D eigenvalue weighted by Crippen LogP contribution is 2.36. The van der Waals surface area contributed by atoms with Crippen LogP contribution in [0.15, 0.2) is 45.6 Å². The number of aromatic nitrogens is 4. The number of hydrogen-bond donors (Lipinski definition) is 1. The molecule has 0 saturated heterocycles. The third-order valence-electron chi connectivity index (χ3n) is 4.84. The Bertz CT molecular complexity index is 1330. The topological polar surface area (TPSA) is 100 Å². The first-order valence-corrected chi connectivity index (χ1v) is 8.71. The predicted molar refractivity (Wildman–Crippen MR) is 99.6 cm³/mol. The lowest BCUT2D eigenvalue weighted by Gasteiger charge is -2.13. The molecule has 0 radical (unpaired) electrons. The molecule has 0 amide bonds. The number of hydrogen-bond acceptors (Lipinski definition) is 5. The number of nitrogens with zero attached hydrogens (tertiary/aromatic N) is 4. The zero-order valence-corrected chi connectivity index (χ0v) is 15.5. The number of benzene rings is 2. The highest BCUT2D eigenvalue weighted by molar-refractivity contribution is 5.83. The Kier molecular flexibility index (Phi) is 4.27. The van der Waals surface area contributed by atoms with Gasteiger partial charge in [-0.15, -0.1) is 5.10 Å². The van der Waals surface area contributed by atoms with Crippen molar-refractivity contribution >= 4 is 10.9 Å². The van der Waals surface area contributed by atoms with Crippen molar-refractivity contribution in [1.82, 2.24) is 20.0 Å². The monoisotopic (exact) mass is 395 g/mol. The lowest BCUT2D eigenvalue weighted by molar-refractivity contribution is 0.0120. The molecule has 0 unspecified atom stereocenters. The summed E-state index contributed by atoms with van der Waals surface area (Å²) in [6, 6.07) is 11.6. The Labute approximate surface area is 163 Å². The number of halogens is 2. The van der Waals surface area contributed by atoms with Crippen molar-refractivity contribution in [1.29, 1.82) is 5.26 Å². The van der Waals surface area contributed by atoms with Crippen molar-refractivity contribution in [3.05, 3.63) is 80.8 Å². The van der Waals surface area contributed by atoms with Gasteiger partial charge in [-0.3, -0.25) is 4.68 Å². The third-order valence-corrected chi connectivity index (χ3v) is 4.84. The number of aryl methyl sites for hydroxylation is 2. The first-order chi connectivity index (χ1) is 13.8. The average molecular weight is 395 g/mol. The van der Waals surface area contributed by atoms with Crippen LogP contribution in [0.5, 0.6) is 0 Å². The van der Waals surface area contributed by atoms with Crippen LogP contribution in [0.1, 0.15) is 33.8 Å². The van der Waals surface area contributed by atoms with Gasteiger partial charge in [-0.2, -0.15) is 19.1 Å². The smallest absolute Gasteiger partial charge is 0.385 e. The van der Waals surface area contributed by atoms with E-state index in [0.717, 1.165) is 11.1 Å². The minimum absolute atomic E-state index is 0.256. The van der Waals surface area contributed by atoms with E-state index in [2.05, 4.69) is 20.7 Å². The van der Waals surface area contributed by atoms with Crippen molar-refractivity contribution in [3.8, 4) is 6.07 Å². The molecule has 2 aromatic heterocycles. The minimum atomic E-state index is -3.60. The molecule has 9 heteroatoms. The molecule has 4 aromatic rings. The van der Waals surface area contributed by atoms with Crippen molar-refractivity contribution in [2.75, 3.05) is 0 Å². The normalized spacial score (nSPS) is 11.7. The Morgan fingerprint density at radius 2 is 2.07 bits per heavy atom. The van der Waals surface area contributed by atoms with Crippen LogP contribution in [0.25, 0.3) is 10.9 Å². The standard InChI is InChI=1S/C20H15F2N5O2/c1-11-4-3-5-13(9-23)16(11)10-27-17-8-14(6-7-15(17)12(2)26-27)20(21,22)18-24-25-19(28)29-18/h3-8H,10H2,1-2H3,(H,25,28). The Balaban J connectivity index is 1.84. The van der Waals surface area contributed by atoms with Gasteiger partial charge in [0.25, 0.3) is 5.89 Å². The predicted octanol–water partition coefficient (Wildman–Crippen LogP) is 3.39. The Morgan fingerprint density at radius 1 is 1.28 bits per heavy atom. The van der Waals surface area contributed by atoms with Crippen LogP contribution in [0.3, 0.4) is 0 Å². The van der Waals surface area contributed by atoms with E-state index in [1.807, 2.05) is 18.1 Å². The lowest BCUT2D eigenvalue weighted by Crippen LogP contribution is -2.16. The molecule has 146 valence electrons. The van der Waals surface area contributed by atoms with Crippen molar-refractivity contribution in [3.63, 3.8) is 0 Å². The van der Waals surface area contributed by atoms with E-state index in [4.69, 9.17) is 0 Å². The van der Waals surface area contributed by atoms with Crippen LogP contribution in [0, 0.1) is 25.2 Å². The number of alkyl halides is 2. The number of nitriles is 1. The molecule has 0 saturated carbocycles. The van der Waals surface area contributed by atoms with Gasteiger partial charge in [0, 0.05) is 10.9 Å². The molecule has 0 aliphatic heterocycles. The largest absolute Gasteiger partial charge is 0.434 e. The highest BCUT2D eigenvalue weighted by Gasteiger charge is 2.40. The number of rotatable bonds is 4. The number of aromatic amines is 1. The van der Waals surface area contributed by atoms with Gasteiger partial charge >= 0.3 is 11.7 Å². The molecule has 0 atom stereocenters. The van der Waals surface area contributed by atoms with Crippen molar-refractivity contribution < 1.29 is 13.2 Å². The second kappa shape index (κ2) is 6.67. The van der Waals surface area contributed by atoms with E-state index in [0.29, 0.717) is 22.2 Å². The maximum absolute atomic E-state index is 14.8. The number of nitrogens with one attached hydrogen (secondary N) is 1. The molecule has 0 bridgehead atoms. The van der Waals surface area contributed by atoms with E-state index in [-0.39, 0.29) is 12.1 Å². The van der Waals surface area contributed by atoms with Gasteiger partial charge in [0.05, 0.1) is 29.4 Å². The Morgan fingerprint density at radius 3 is 2.76 bits per heavy atom. The van der Waals surface area contributed by atoms with E-state index in [1.165, 1.54) is 12.1 Å². The van der Waals surface area contributed by atoms with Crippen LogP contribution in [-0.4, -0.2) is 20.0 Å². The van der Waals surface area contributed by atoms with E-state index in [9.17, 15) is 18.8 Å². The maximum Gasteiger partial charge on any atom is 0.434 e. The van der Waals surface area contributed by atoms with Gasteiger partial charge in [-0.05, 0) is 37.1 Å². The third kappa shape index (κ3) is 3.08. The SMILES string of the molecule is Cc1cccc(C#N)c1Cn1nc(C)c2ccc(C(F)(F)c3n[nH]c(=O)o3)cc21. The minimum Gasteiger partial charge on any atom is -0.385 e. The average Bonchev–Trinajstić information content (AvgIpc) is 3.27. The van der Waals surface area contributed by atoms with Gasteiger partial charge in [0.1, 0.15) is 0 Å². The van der Waals surface area contributed by atoms with Crippen molar-refractivity contribution in [2.45, 2.75) is 26.3 Å². The first kappa shape index (κ1) is 18.6. The van der Waals surface area contributed by atoms with E-state index < -0.39 is 17.6 Å². The molecule has 4 rings (SSSR count). The van der Waals surface area contributed by atoms with Crippen LogP contribution in [0.4, 0.5) is 8.78 Å². The second-order valence-corrected chi connectivity index (χ2v) is 6.68. The molecule has 1 N–H and O–H groups in total. The van der Waals surface area contributed by atoms with Crippen LogP contribution >= 0.6 is 0 Å². The zero-order chi connectivity index (χ0) is 20.8. The molecular formula is C20H15F2N5O2. The van der Waals surface area contributed by atoms with Crippen LogP contribution in [0.2, 0.25) is 0 Å². The van der Waals surface area contributed by atoms with E-state index in [1.54, 1.807) is 29.8 Å². The first-order valence-electron chi connectivity index (χ1n) is 8.71. The van der Waals surface area contributed by atoms with Gasteiger partial charge < -0.3 is 4.42 Å². The molecule has 0 aliphatic carbocycles. The molecule has 0 fully saturated rings. The van der Waals surface area contributed by atoms with E-state index >= 15 is 0 Å². The van der Waals surface area contributed by atoms with Crippen molar-refractivity contribution in [2.24, 2.45) is 0 Å². The fourth-order valence-electron chi connectivity index (χ4n) is 3.31. The lowest BCUT2D eigenvalue weighted by atomic mass is 10.0. The van der Waals surface area contributed by atoms with Gasteiger partial charge in [-0.25, -0.2) is 9.89 Å². The summed E-state index contributed by atoms with van der Waals surface area (Å²) in [6.07, 6.45) is 0. The summed E-state index contributed by atoms with van der Waals surface area (Å²) in [6.45, 7) is 3.92. The quantitative estimate of drug-likeness (QED) is 0.571. The molecule has 29 heavy (non-hydrogen) atoms. The summed E-state index contributed by atoms with van der Waals surface area (Å²) in [5.74, 6) is -5.66. The summed E-state index contributed by atoms with van der Waals surface area (Å²) in [7, 11) is 0. The molecule has 0 spiro atoms. The highest BCUT2D eigenvalue weighted by atomic mass is 19.3.